The first-order valence-corrected chi connectivity index (χ1v) is 9.23. The molecular weight excluding hydrogens is 300 g/mol. The summed E-state index contributed by atoms with van der Waals surface area (Å²) in [5.41, 5.74) is 2.18. The number of sulfonamides is 1. The second kappa shape index (κ2) is 7.07. The van der Waals surface area contributed by atoms with E-state index in [0.717, 1.165) is 11.8 Å². The number of likely N-dealkylation sites (tertiary alicyclic amines) is 1. The molecule has 1 heterocycles. The van der Waals surface area contributed by atoms with E-state index in [4.69, 9.17) is 0 Å². The van der Waals surface area contributed by atoms with Crippen molar-refractivity contribution < 1.29 is 13.2 Å². The van der Waals surface area contributed by atoms with E-state index in [1.54, 1.807) is 11.0 Å². The molecule has 1 aromatic rings. The Morgan fingerprint density at radius 1 is 1.23 bits per heavy atom. The van der Waals surface area contributed by atoms with Crippen molar-refractivity contribution in [1.29, 1.82) is 0 Å². The number of rotatable bonds is 4. The van der Waals surface area contributed by atoms with E-state index in [0.29, 0.717) is 25.9 Å². The summed E-state index contributed by atoms with van der Waals surface area (Å²) in [6, 6.07) is 7.89. The van der Waals surface area contributed by atoms with Gasteiger partial charge in [0.2, 0.25) is 15.9 Å². The van der Waals surface area contributed by atoms with Crippen molar-refractivity contribution in [3.05, 3.63) is 41.5 Å². The molecule has 5 nitrogen and oxygen atoms in total. The van der Waals surface area contributed by atoms with Gasteiger partial charge in [0.15, 0.2) is 0 Å². The molecule has 0 aliphatic carbocycles. The van der Waals surface area contributed by atoms with Crippen LogP contribution in [-0.2, 0) is 14.8 Å². The predicted octanol–water partition coefficient (Wildman–Crippen LogP) is 1.55. The summed E-state index contributed by atoms with van der Waals surface area (Å²) < 4.78 is 25.0. The molecule has 1 amide bonds. The van der Waals surface area contributed by atoms with Crippen LogP contribution in [0.4, 0.5) is 0 Å². The first-order valence-electron chi connectivity index (χ1n) is 7.34. The lowest BCUT2D eigenvalue weighted by Crippen LogP contribution is -2.45. The van der Waals surface area contributed by atoms with Crippen molar-refractivity contribution in [2.45, 2.75) is 25.8 Å². The second-order valence-corrected chi connectivity index (χ2v) is 7.51. The lowest BCUT2D eigenvalue weighted by Gasteiger charge is -2.31. The van der Waals surface area contributed by atoms with Crippen LogP contribution >= 0.6 is 0 Å². The van der Waals surface area contributed by atoms with Crippen LogP contribution in [0, 0.1) is 6.92 Å². The van der Waals surface area contributed by atoms with Crippen LogP contribution in [0.5, 0.6) is 0 Å². The van der Waals surface area contributed by atoms with Crippen molar-refractivity contribution in [3.8, 4) is 0 Å². The number of benzene rings is 1. The molecule has 1 aliphatic rings. The summed E-state index contributed by atoms with van der Waals surface area (Å²) in [6.45, 7) is 3.17. The molecule has 0 bridgehead atoms. The third-order valence-corrected chi connectivity index (χ3v) is 4.44. The first kappa shape index (κ1) is 16.7. The van der Waals surface area contributed by atoms with E-state index in [-0.39, 0.29) is 11.9 Å². The van der Waals surface area contributed by atoms with E-state index in [2.05, 4.69) is 4.72 Å². The molecule has 1 N–H and O–H groups in total. The quantitative estimate of drug-likeness (QED) is 0.855. The van der Waals surface area contributed by atoms with E-state index < -0.39 is 10.0 Å². The highest BCUT2D eigenvalue weighted by molar-refractivity contribution is 7.88. The van der Waals surface area contributed by atoms with Gasteiger partial charge in [-0.05, 0) is 31.4 Å². The molecular formula is C16H22N2O3S. The summed E-state index contributed by atoms with van der Waals surface area (Å²) >= 11 is 0. The normalized spacial score (nSPS) is 17.1. The van der Waals surface area contributed by atoms with E-state index in [1.165, 1.54) is 5.56 Å². The number of piperidine rings is 1. The van der Waals surface area contributed by atoms with Crippen LogP contribution in [0.15, 0.2) is 30.3 Å². The Morgan fingerprint density at radius 3 is 2.36 bits per heavy atom. The van der Waals surface area contributed by atoms with Crippen LogP contribution in [0.1, 0.15) is 24.0 Å². The lowest BCUT2D eigenvalue weighted by atomic mass is 10.1. The van der Waals surface area contributed by atoms with Crippen molar-refractivity contribution in [1.82, 2.24) is 9.62 Å². The van der Waals surface area contributed by atoms with Gasteiger partial charge in [0.1, 0.15) is 0 Å². The summed E-state index contributed by atoms with van der Waals surface area (Å²) in [5.74, 6) is -0.0293. The first-order chi connectivity index (χ1) is 10.3. The minimum Gasteiger partial charge on any atom is -0.339 e. The van der Waals surface area contributed by atoms with Gasteiger partial charge in [0.25, 0.3) is 0 Å². The zero-order valence-corrected chi connectivity index (χ0v) is 13.8. The Kier molecular flexibility index (Phi) is 5.37. The van der Waals surface area contributed by atoms with Gasteiger partial charge in [0, 0.05) is 25.2 Å². The van der Waals surface area contributed by atoms with E-state index in [1.807, 2.05) is 37.3 Å². The fourth-order valence-corrected chi connectivity index (χ4v) is 3.31. The average molecular weight is 322 g/mol. The molecule has 1 fully saturated rings. The fourth-order valence-electron chi connectivity index (χ4n) is 2.47. The molecule has 1 saturated heterocycles. The highest BCUT2D eigenvalue weighted by atomic mass is 32.2. The van der Waals surface area contributed by atoms with Crippen molar-refractivity contribution in [3.63, 3.8) is 0 Å². The number of hydrogen-bond acceptors (Lipinski definition) is 3. The number of hydrogen-bond donors (Lipinski definition) is 1. The van der Waals surface area contributed by atoms with E-state index in [9.17, 15) is 13.2 Å². The second-order valence-electron chi connectivity index (χ2n) is 5.73. The van der Waals surface area contributed by atoms with Gasteiger partial charge in [-0.3, -0.25) is 4.79 Å². The Labute approximate surface area is 132 Å². The lowest BCUT2D eigenvalue weighted by molar-refractivity contribution is -0.126. The van der Waals surface area contributed by atoms with Gasteiger partial charge in [0.05, 0.1) is 6.26 Å². The summed E-state index contributed by atoms with van der Waals surface area (Å²) in [5, 5.41) is 0. The van der Waals surface area contributed by atoms with Crippen molar-refractivity contribution in [2.24, 2.45) is 0 Å². The Hall–Kier alpha value is -1.66. The minimum atomic E-state index is -3.18. The molecule has 120 valence electrons. The standard InChI is InChI=1S/C16H22N2O3S/c1-13-3-5-14(6-4-13)7-8-16(19)18-11-9-15(10-12-18)17-22(2,20)21/h3-8,15,17H,9-12H2,1-2H3/b8-7+. The average Bonchev–Trinajstić information content (AvgIpc) is 2.45. The molecule has 0 radical (unpaired) electrons. The number of amides is 1. The third-order valence-electron chi connectivity index (χ3n) is 3.68. The summed E-state index contributed by atoms with van der Waals surface area (Å²) in [4.78, 5) is 13.9. The molecule has 1 aromatic carbocycles. The van der Waals surface area contributed by atoms with Crippen LogP contribution < -0.4 is 4.72 Å². The molecule has 0 atom stereocenters. The Balaban J connectivity index is 1.86. The molecule has 2 rings (SSSR count). The Bertz CT molecular complexity index is 642. The van der Waals surface area contributed by atoms with Gasteiger partial charge in [-0.2, -0.15) is 0 Å². The van der Waals surface area contributed by atoms with Crippen molar-refractivity contribution >= 4 is 22.0 Å². The van der Waals surface area contributed by atoms with Crippen LogP contribution in [0.3, 0.4) is 0 Å². The van der Waals surface area contributed by atoms with Crippen LogP contribution in [-0.4, -0.2) is 44.6 Å². The monoisotopic (exact) mass is 322 g/mol. The topological polar surface area (TPSA) is 66.5 Å². The predicted molar refractivity (Wildman–Crippen MR) is 87.8 cm³/mol. The largest absolute Gasteiger partial charge is 0.339 e. The molecule has 0 aromatic heterocycles. The van der Waals surface area contributed by atoms with Crippen LogP contribution in [0.25, 0.3) is 6.08 Å². The maximum atomic E-state index is 12.1. The zero-order chi connectivity index (χ0) is 16.2. The SMILES string of the molecule is Cc1ccc(/C=C/C(=O)N2CCC(NS(C)(=O)=O)CC2)cc1. The van der Waals surface area contributed by atoms with E-state index >= 15 is 0 Å². The zero-order valence-electron chi connectivity index (χ0n) is 13.0. The minimum absolute atomic E-state index is 0.0293. The third kappa shape index (κ3) is 5.27. The molecule has 0 unspecified atom stereocenters. The van der Waals surface area contributed by atoms with Gasteiger partial charge in [-0.15, -0.1) is 0 Å². The Morgan fingerprint density at radius 2 is 1.82 bits per heavy atom. The highest BCUT2D eigenvalue weighted by Gasteiger charge is 2.23. The number of carbonyl (C=O) groups excluding carboxylic acids is 1. The molecule has 1 aliphatic heterocycles. The summed E-state index contributed by atoms with van der Waals surface area (Å²) in [6.07, 6.45) is 5.85. The van der Waals surface area contributed by atoms with Gasteiger partial charge < -0.3 is 4.90 Å². The summed E-state index contributed by atoms with van der Waals surface area (Å²) in [7, 11) is -3.18. The van der Waals surface area contributed by atoms with Gasteiger partial charge in [-0.1, -0.05) is 29.8 Å². The fraction of sp³-hybridized carbons (Fsp3) is 0.438. The number of carbonyl (C=O) groups is 1. The van der Waals surface area contributed by atoms with Gasteiger partial charge >= 0.3 is 0 Å². The van der Waals surface area contributed by atoms with Crippen LogP contribution in [0.2, 0.25) is 0 Å². The molecule has 0 spiro atoms. The number of nitrogens with zero attached hydrogens (tertiary/aromatic N) is 1. The van der Waals surface area contributed by atoms with Gasteiger partial charge in [-0.25, -0.2) is 13.1 Å². The van der Waals surface area contributed by atoms with Crippen molar-refractivity contribution in [2.75, 3.05) is 19.3 Å². The molecule has 6 heteroatoms. The number of aryl methyl sites for hydroxylation is 1. The highest BCUT2D eigenvalue weighted by Crippen LogP contribution is 2.12. The number of nitrogens with one attached hydrogen (secondary N) is 1. The molecule has 22 heavy (non-hydrogen) atoms. The molecule has 0 saturated carbocycles. The smallest absolute Gasteiger partial charge is 0.246 e. The maximum Gasteiger partial charge on any atom is 0.246 e. The maximum absolute atomic E-state index is 12.1.